The summed E-state index contributed by atoms with van der Waals surface area (Å²) in [5.41, 5.74) is 1.61. The highest BCUT2D eigenvalue weighted by molar-refractivity contribution is 5.99. The van der Waals surface area contributed by atoms with Gasteiger partial charge in [-0.2, -0.15) is 0 Å². The molecule has 4 nitrogen and oxygen atoms in total. The predicted octanol–water partition coefficient (Wildman–Crippen LogP) is 2.33. The van der Waals surface area contributed by atoms with Gasteiger partial charge >= 0.3 is 0 Å². The lowest BCUT2D eigenvalue weighted by Gasteiger charge is -2.32. The fourth-order valence-electron chi connectivity index (χ4n) is 2.78. The predicted molar refractivity (Wildman–Crippen MR) is 83.2 cm³/mol. The zero-order valence-electron chi connectivity index (χ0n) is 12.5. The fourth-order valence-corrected chi connectivity index (χ4v) is 2.78. The Hall–Kier alpha value is -1.55. The van der Waals surface area contributed by atoms with Gasteiger partial charge in [0.1, 0.15) is 0 Å². The number of carbonyl (C=O) groups excluding carboxylic acids is 1. The lowest BCUT2D eigenvalue weighted by molar-refractivity contribution is 0.0912. The van der Waals surface area contributed by atoms with Crippen LogP contribution in [0.3, 0.4) is 0 Å². The van der Waals surface area contributed by atoms with Crippen molar-refractivity contribution in [3.05, 3.63) is 29.8 Å². The average molecular weight is 275 g/mol. The number of hydrogen-bond donors (Lipinski definition) is 2. The Labute approximate surface area is 121 Å². The van der Waals surface area contributed by atoms with Crippen molar-refractivity contribution in [3.8, 4) is 0 Å². The van der Waals surface area contributed by atoms with E-state index < -0.39 is 0 Å². The highest BCUT2D eigenvalue weighted by Crippen LogP contribution is 2.16. The maximum absolute atomic E-state index is 12.3. The van der Waals surface area contributed by atoms with E-state index in [1.807, 2.05) is 31.3 Å². The third-order valence-electron chi connectivity index (χ3n) is 3.90. The van der Waals surface area contributed by atoms with Crippen molar-refractivity contribution in [2.24, 2.45) is 0 Å². The molecule has 2 rings (SSSR count). The van der Waals surface area contributed by atoms with E-state index in [0.717, 1.165) is 37.2 Å². The second-order valence-corrected chi connectivity index (χ2v) is 5.38. The van der Waals surface area contributed by atoms with Crippen LogP contribution in [0.15, 0.2) is 24.3 Å². The molecule has 1 saturated heterocycles. The Morgan fingerprint density at radius 3 is 2.65 bits per heavy atom. The number of rotatable bonds is 5. The lowest BCUT2D eigenvalue weighted by Crippen LogP contribution is -2.44. The first-order valence-corrected chi connectivity index (χ1v) is 7.54. The van der Waals surface area contributed by atoms with Crippen LogP contribution in [0.4, 0.5) is 5.69 Å². The van der Waals surface area contributed by atoms with Gasteiger partial charge in [-0.1, -0.05) is 19.1 Å². The molecule has 1 aliphatic heterocycles. The van der Waals surface area contributed by atoms with Crippen LogP contribution >= 0.6 is 0 Å². The Bertz CT molecular complexity index is 439. The van der Waals surface area contributed by atoms with Crippen molar-refractivity contribution < 1.29 is 4.79 Å². The molecule has 0 spiro atoms. The maximum atomic E-state index is 12.3. The molecule has 0 radical (unpaired) electrons. The third-order valence-corrected chi connectivity index (χ3v) is 3.90. The van der Waals surface area contributed by atoms with Gasteiger partial charge in [-0.3, -0.25) is 4.79 Å². The molecule has 0 aliphatic carbocycles. The van der Waals surface area contributed by atoms with E-state index in [2.05, 4.69) is 22.5 Å². The van der Waals surface area contributed by atoms with Crippen molar-refractivity contribution in [3.63, 3.8) is 0 Å². The Balaban J connectivity index is 1.89. The van der Waals surface area contributed by atoms with Gasteiger partial charge in [-0.05, 0) is 37.9 Å². The number of piperidine rings is 1. The Morgan fingerprint density at radius 2 is 2.00 bits per heavy atom. The summed E-state index contributed by atoms with van der Waals surface area (Å²) in [6, 6.07) is 7.94. The smallest absolute Gasteiger partial charge is 0.253 e. The molecule has 0 bridgehead atoms. The molecule has 1 aliphatic rings. The number of amides is 1. The van der Waals surface area contributed by atoms with Crippen LogP contribution in [0.2, 0.25) is 0 Å². The molecule has 0 saturated carbocycles. The van der Waals surface area contributed by atoms with E-state index >= 15 is 0 Å². The van der Waals surface area contributed by atoms with Crippen LogP contribution in [0, 0.1) is 0 Å². The first kappa shape index (κ1) is 14.9. The summed E-state index contributed by atoms with van der Waals surface area (Å²) in [6.45, 7) is 5.56. The van der Waals surface area contributed by atoms with Crippen LogP contribution in [-0.2, 0) is 0 Å². The summed E-state index contributed by atoms with van der Waals surface area (Å²) >= 11 is 0. The lowest BCUT2D eigenvalue weighted by atomic mass is 10.0. The molecule has 2 N–H and O–H groups in total. The van der Waals surface area contributed by atoms with Crippen molar-refractivity contribution >= 4 is 11.6 Å². The zero-order chi connectivity index (χ0) is 14.4. The molecule has 20 heavy (non-hydrogen) atoms. The first-order valence-electron chi connectivity index (χ1n) is 7.54. The van der Waals surface area contributed by atoms with E-state index in [9.17, 15) is 4.79 Å². The van der Waals surface area contributed by atoms with Gasteiger partial charge in [0.25, 0.3) is 5.91 Å². The molecule has 110 valence electrons. The summed E-state index contributed by atoms with van der Waals surface area (Å²) in [5.74, 6) is 0.0314. The molecule has 0 unspecified atom stereocenters. The van der Waals surface area contributed by atoms with Crippen LogP contribution in [0.1, 0.15) is 36.5 Å². The van der Waals surface area contributed by atoms with Crippen LogP contribution < -0.4 is 10.6 Å². The van der Waals surface area contributed by atoms with E-state index in [4.69, 9.17) is 0 Å². The molecule has 1 fully saturated rings. The van der Waals surface area contributed by atoms with E-state index in [-0.39, 0.29) is 5.91 Å². The molecule has 0 atom stereocenters. The number of likely N-dealkylation sites (tertiary alicyclic amines) is 1. The third kappa shape index (κ3) is 3.73. The van der Waals surface area contributed by atoms with Gasteiger partial charge in [0.05, 0.1) is 5.56 Å². The molecule has 1 aromatic carbocycles. The molecular weight excluding hydrogens is 250 g/mol. The van der Waals surface area contributed by atoms with E-state index in [1.165, 1.54) is 13.0 Å². The largest absolute Gasteiger partial charge is 0.387 e. The van der Waals surface area contributed by atoms with Gasteiger partial charge in [0, 0.05) is 31.9 Å². The maximum Gasteiger partial charge on any atom is 0.253 e. The number of nitrogens with zero attached hydrogens (tertiary/aromatic N) is 1. The highest BCUT2D eigenvalue weighted by Gasteiger charge is 2.21. The average Bonchev–Trinajstić information content (AvgIpc) is 2.49. The molecular formula is C16H25N3O. The molecule has 1 amide bonds. The van der Waals surface area contributed by atoms with Gasteiger partial charge in [-0.25, -0.2) is 0 Å². The summed E-state index contributed by atoms with van der Waals surface area (Å²) in [6.07, 6.45) is 3.30. The second-order valence-electron chi connectivity index (χ2n) is 5.38. The first-order chi connectivity index (χ1) is 9.74. The number of benzene rings is 1. The van der Waals surface area contributed by atoms with Crippen LogP contribution in [0.25, 0.3) is 0 Å². The minimum atomic E-state index is 0.0314. The quantitative estimate of drug-likeness (QED) is 0.867. The number of anilines is 1. The second kappa shape index (κ2) is 7.29. The van der Waals surface area contributed by atoms with Gasteiger partial charge in [-0.15, -0.1) is 0 Å². The van der Waals surface area contributed by atoms with E-state index in [1.54, 1.807) is 0 Å². The van der Waals surface area contributed by atoms with Crippen molar-refractivity contribution in [2.45, 2.75) is 32.2 Å². The standard InChI is InChI=1S/C16H25N3O/c1-3-10-19-11-8-13(9-12-19)18-16(20)14-6-4-5-7-15(14)17-2/h4-7,13,17H,3,8-12H2,1-2H3,(H,18,20). The zero-order valence-corrected chi connectivity index (χ0v) is 12.5. The molecule has 1 aromatic rings. The summed E-state index contributed by atoms with van der Waals surface area (Å²) in [7, 11) is 1.84. The normalized spacial score (nSPS) is 16.9. The summed E-state index contributed by atoms with van der Waals surface area (Å²) < 4.78 is 0. The minimum Gasteiger partial charge on any atom is -0.387 e. The number of para-hydroxylation sites is 1. The molecule has 1 heterocycles. The van der Waals surface area contributed by atoms with Crippen LogP contribution in [-0.4, -0.2) is 43.5 Å². The van der Waals surface area contributed by atoms with Gasteiger partial charge in [0.15, 0.2) is 0 Å². The monoisotopic (exact) mass is 275 g/mol. The minimum absolute atomic E-state index is 0.0314. The number of nitrogens with one attached hydrogen (secondary N) is 2. The molecule has 4 heteroatoms. The van der Waals surface area contributed by atoms with E-state index in [0.29, 0.717) is 6.04 Å². The molecule has 0 aromatic heterocycles. The summed E-state index contributed by atoms with van der Waals surface area (Å²) in [4.78, 5) is 14.8. The van der Waals surface area contributed by atoms with Crippen molar-refractivity contribution in [1.82, 2.24) is 10.2 Å². The topological polar surface area (TPSA) is 44.4 Å². The fraction of sp³-hybridized carbons (Fsp3) is 0.562. The SMILES string of the molecule is CCCN1CCC(NC(=O)c2ccccc2NC)CC1. The van der Waals surface area contributed by atoms with Gasteiger partial charge < -0.3 is 15.5 Å². The van der Waals surface area contributed by atoms with Crippen molar-refractivity contribution in [1.29, 1.82) is 0 Å². The highest BCUT2D eigenvalue weighted by atomic mass is 16.1. The van der Waals surface area contributed by atoms with Crippen LogP contribution in [0.5, 0.6) is 0 Å². The van der Waals surface area contributed by atoms with Gasteiger partial charge in [0.2, 0.25) is 0 Å². The Kier molecular flexibility index (Phi) is 5.41. The number of carbonyl (C=O) groups is 1. The number of hydrogen-bond acceptors (Lipinski definition) is 3. The summed E-state index contributed by atoms with van der Waals surface area (Å²) in [5, 5.41) is 6.24. The van der Waals surface area contributed by atoms with Crippen molar-refractivity contribution in [2.75, 3.05) is 32.0 Å². The Morgan fingerprint density at radius 1 is 1.30 bits per heavy atom.